The molecule has 0 saturated heterocycles. The highest BCUT2D eigenvalue weighted by atomic mass is 32.2. The molecular weight excluding hydrogens is 479 g/mol. The second-order valence-electron chi connectivity index (χ2n) is 9.79. The predicted molar refractivity (Wildman–Crippen MR) is 142 cm³/mol. The number of hydrogen-bond acceptors (Lipinski definition) is 4. The number of halogens is 1. The Morgan fingerprint density at radius 1 is 0.857 bits per heavy atom. The lowest BCUT2D eigenvalue weighted by molar-refractivity contribution is 0.135. The Morgan fingerprint density at radius 2 is 1.37 bits per heavy atom. The fourth-order valence-corrected chi connectivity index (χ4v) is 10.00. The van der Waals surface area contributed by atoms with Gasteiger partial charge in [0.05, 0.1) is 17.6 Å². The van der Waals surface area contributed by atoms with E-state index in [1.165, 1.54) is 12.1 Å². The average molecular weight is 515 g/mol. The molecule has 0 spiro atoms. The Balaban J connectivity index is 1.78. The van der Waals surface area contributed by atoms with Gasteiger partial charge in [-0.2, -0.15) is 8.42 Å². The highest BCUT2D eigenvalue weighted by molar-refractivity contribution is 7.86. The van der Waals surface area contributed by atoms with Crippen molar-refractivity contribution >= 4 is 28.8 Å². The molecule has 1 unspecified atom stereocenters. The van der Waals surface area contributed by atoms with Crippen LogP contribution >= 0.6 is 0 Å². The van der Waals surface area contributed by atoms with Crippen LogP contribution in [0.1, 0.15) is 39.2 Å². The topological polar surface area (TPSA) is 52.6 Å². The second-order valence-corrected chi connectivity index (χ2v) is 15.7. The molecule has 0 heterocycles. The summed E-state index contributed by atoms with van der Waals surface area (Å²) in [6, 6.07) is 26.7. The number of alkyl halides is 1. The van der Waals surface area contributed by atoms with Gasteiger partial charge in [-0.25, -0.2) is 4.39 Å². The van der Waals surface area contributed by atoms with E-state index in [1.54, 1.807) is 12.1 Å². The van der Waals surface area contributed by atoms with Crippen molar-refractivity contribution in [1.29, 1.82) is 0 Å². The summed E-state index contributed by atoms with van der Waals surface area (Å²) in [5.41, 5.74) is 0.968. The molecule has 1 atom stereocenters. The molecule has 3 aromatic carbocycles. The number of aryl methyl sites for hydroxylation is 1. The van der Waals surface area contributed by atoms with E-state index in [9.17, 15) is 12.8 Å². The van der Waals surface area contributed by atoms with E-state index in [0.717, 1.165) is 15.9 Å². The number of rotatable bonds is 11. The van der Waals surface area contributed by atoms with Crippen LogP contribution in [0.4, 0.5) is 4.39 Å². The first-order chi connectivity index (χ1) is 16.6. The number of hydrogen-bond donors (Lipinski definition) is 0. The van der Waals surface area contributed by atoms with Gasteiger partial charge >= 0.3 is 0 Å². The van der Waals surface area contributed by atoms with E-state index < -0.39 is 31.2 Å². The molecule has 3 rings (SSSR count). The van der Waals surface area contributed by atoms with Crippen LogP contribution in [0.5, 0.6) is 0 Å². The summed E-state index contributed by atoms with van der Waals surface area (Å²) in [5.74, 6) is 0. The Kier molecular flexibility index (Phi) is 9.04. The molecule has 4 nitrogen and oxygen atoms in total. The molecule has 3 aromatic rings. The monoisotopic (exact) mass is 514 g/mol. The standard InChI is InChI=1S/C28H35FO4SSi/c1-23-17-19-25(20-18-23)34(30,31)32-21-11-12-24(22-29)33-35(28(2,3)4,26-13-7-5-8-14-26)27-15-9-6-10-16-27/h5-10,13-20,24H,11-12,21-22H2,1-4H3. The van der Waals surface area contributed by atoms with E-state index in [1.807, 2.05) is 43.3 Å². The van der Waals surface area contributed by atoms with Gasteiger partial charge < -0.3 is 4.43 Å². The molecule has 35 heavy (non-hydrogen) atoms. The lowest BCUT2D eigenvalue weighted by Gasteiger charge is -2.44. The summed E-state index contributed by atoms with van der Waals surface area (Å²) >= 11 is 0. The first kappa shape index (κ1) is 27.3. The van der Waals surface area contributed by atoms with Crippen molar-refractivity contribution in [3.8, 4) is 0 Å². The SMILES string of the molecule is Cc1ccc(S(=O)(=O)OCCCC(CF)O[Si](c2ccccc2)(c2ccccc2)C(C)(C)C)cc1. The Labute approximate surface area is 210 Å². The second kappa shape index (κ2) is 11.6. The van der Waals surface area contributed by atoms with Gasteiger partial charge in [-0.15, -0.1) is 0 Å². The first-order valence-electron chi connectivity index (χ1n) is 11.9. The zero-order valence-electron chi connectivity index (χ0n) is 20.9. The molecule has 7 heteroatoms. The molecule has 188 valence electrons. The normalized spacial score (nSPS) is 13.5. The minimum absolute atomic E-state index is 0.0309. The Hall–Kier alpha value is -2.32. The molecule has 0 fully saturated rings. The van der Waals surface area contributed by atoms with Crippen molar-refractivity contribution in [2.45, 2.75) is 56.6 Å². The van der Waals surface area contributed by atoms with Crippen molar-refractivity contribution in [1.82, 2.24) is 0 Å². The van der Waals surface area contributed by atoms with E-state index in [4.69, 9.17) is 8.61 Å². The molecule has 0 radical (unpaired) electrons. The summed E-state index contributed by atoms with van der Waals surface area (Å²) in [6.45, 7) is 7.63. The van der Waals surface area contributed by atoms with Gasteiger partial charge in [-0.05, 0) is 47.3 Å². The highest BCUT2D eigenvalue weighted by Crippen LogP contribution is 2.38. The van der Waals surface area contributed by atoms with E-state index in [2.05, 4.69) is 45.0 Å². The van der Waals surface area contributed by atoms with E-state index in [0.29, 0.717) is 12.8 Å². The Morgan fingerprint density at radius 3 is 1.83 bits per heavy atom. The summed E-state index contributed by atoms with van der Waals surface area (Å²) in [4.78, 5) is 0.119. The summed E-state index contributed by atoms with van der Waals surface area (Å²) in [5, 5.41) is 1.89. The van der Waals surface area contributed by atoms with E-state index in [-0.39, 0.29) is 16.5 Å². The molecule has 0 aliphatic heterocycles. The van der Waals surface area contributed by atoms with Gasteiger partial charge in [0.2, 0.25) is 0 Å². The third-order valence-corrected chi connectivity index (χ3v) is 12.6. The molecule has 0 saturated carbocycles. The molecule has 0 N–H and O–H groups in total. The summed E-state index contributed by atoms with van der Waals surface area (Å²) < 4.78 is 51.3. The quantitative estimate of drug-likeness (QED) is 0.195. The molecular formula is C28H35FO4SSi. The van der Waals surface area contributed by atoms with Crippen LogP contribution < -0.4 is 10.4 Å². The highest BCUT2D eigenvalue weighted by Gasteiger charge is 2.51. The molecule has 0 aliphatic rings. The van der Waals surface area contributed by atoms with Crippen molar-refractivity contribution in [3.05, 3.63) is 90.5 Å². The van der Waals surface area contributed by atoms with Crippen molar-refractivity contribution in [2.75, 3.05) is 13.3 Å². The van der Waals surface area contributed by atoms with Gasteiger partial charge in [0.15, 0.2) is 0 Å². The van der Waals surface area contributed by atoms with Crippen molar-refractivity contribution in [3.63, 3.8) is 0 Å². The number of benzene rings is 3. The third kappa shape index (κ3) is 6.47. The fraction of sp³-hybridized carbons (Fsp3) is 0.357. The molecule has 0 amide bonds. The van der Waals surface area contributed by atoms with Gasteiger partial charge in [-0.1, -0.05) is 99.1 Å². The van der Waals surface area contributed by atoms with Crippen LogP contribution in [0.25, 0.3) is 0 Å². The van der Waals surface area contributed by atoms with Gasteiger partial charge in [0, 0.05) is 0 Å². The van der Waals surface area contributed by atoms with Crippen molar-refractivity contribution < 1.29 is 21.4 Å². The molecule has 0 aliphatic carbocycles. The maximum absolute atomic E-state index is 14.3. The van der Waals surface area contributed by atoms with Crippen LogP contribution in [0, 0.1) is 6.92 Å². The minimum atomic E-state index is -3.85. The summed E-state index contributed by atoms with van der Waals surface area (Å²) in [7, 11) is -6.74. The van der Waals surface area contributed by atoms with Gasteiger partial charge in [0.1, 0.15) is 6.67 Å². The maximum Gasteiger partial charge on any atom is 0.296 e. The zero-order chi connectivity index (χ0) is 25.5. The largest absolute Gasteiger partial charge is 0.402 e. The lowest BCUT2D eigenvalue weighted by atomic mass is 10.2. The predicted octanol–water partition coefficient (Wildman–Crippen LogP) is 5.40. The van der Waals surface area contributed by atoms with Crippen LogP contribution in [0.3, 0.4) is 0 Å². The van der Waals surface area contributed by atoms with Crippen LogP contribution in [0.2, 0.25) is 5.04 Å². The molecule has 0 bridgehead atoms. The first-order valence-corrected chi connectivity index (χ1v) is 15.2. The summed E-state index contributed by atoms with van der Waals surface area (Å²) in [6.07, 6.45) is 0.0365. The van der Waals surface area contributed by atoms with Crippen LogP contribution in [-0.4, -0.2) is 36.1 Å². The lowest BCUT2D eigenvalue weighted by Crippen LogP contribution is -2.67. The molecule has 0 aromatic heterocycles. The smallest absolute Gasteiger partial charge is 0.296 e. The Bertz CT molecular complexity index is 1120. The zero-order valence-corrected chi connectivity index (χ0v) is 22.7. The average Bonchev–Trinajstić information content (AvgIpc) is 2.84. The van der Waals surface area contributed by atoms with Crippen LogP contribution in [-0.2, 0) is 18.7 Å². The van der Waals surface area contributed by atoms with Crippen molar-refractivity contribution in [2.24, 2.45) is 0 Å². The third-order valence-electron chi connectivity index (χ3n) is 6.15. The van der Waals surface area contributed by atoms with E-state index >= 15 is 0 Å². The maximum atomic E-state index is 14.3. The van der Waals surface area contributed by atoms with Gasteiger partial charge in [-0.3, -0.25) is 4.18 Å². The van der Waals surface area contributed by atoms with Crippen LogP contribution in [0.15, 0.2) is 89.8 Å². The minimum Gasteiger partial charge on any atom is -0.402 e. The van der Waals surface area contributed by atoms with Gasteiger partial charge in [0.25, 0.3) is 18.4 Å². The fourth-order valence-electron chi connectivity index (χ4n) is 4.36.